The van der Waals surface area contributed by atoms with Crippen LogP contribution in [0.1, 0.15) is 25.5 Å². The second-order valence-electron chi connectivity index (χ2n) is 6.89. The van der Waals surface area contributed by atoms with Crippen LogP contribution in [0.3, 0.4) is 0 Å². The Morgan fingerprint density at radius 3 is 2.66 bits per heavy atom. The first-order chi connectivity index (χ1) is 13.8. The fraction of sp³-hybridized carbons (Fsp3) is 0.400. The molecule has 2 aromatic heterocycles. The molecule has 9 heteroatoms. The highest BCUT2D eigenvalue weighted by Crippen LogP contribution is 2.24. The van der Waals surface area contributed by atoms with Crippen LogP contribution >= 0.6 is 0 Å². The monoisotopic (exact) mass is 399 g/mol. The van der Waals surface area contributed by atoms with Crippen LogP contribution in [0, 0.1) is 0 Å². The van der Waals surface area contributed by atoms with Gasteiger partial charge in [-0.2, -0.15) is 0 Å². The highest BCUT2D eigenvalue weighted by Gasteiger charge is 2.23. The Labute approximate surface area is 167 Å². The van der Waals surface area contributed by atoms with Gasteiger partial charge in [0.1, 0.15) is 12.3 Å². The summed E-state index contributed by atoms with van der Waals surface area (Å²) in [5.41, 5.74) is 0.384. The first-order valence-electron chi connectivity index (χ1n) is 9.34. The number of carbonyl (C=O) groups excluding carboxylic acids is 1. The van der Waals surface area contributed by atoms with Crippen molar-refractivity contribution in [2.75, 3.05) is 13.7 Å². The molecule has 1 unspecified atom stereocenters. The number of rotatable bonds is 6. The van der Waals surface area contributed by atoms with Crippen molar-refractivity contribution in [1.82, 2.24) is 23.6 Å². The molecule has 1 aromatic carbocycles. The number of nitrogens with zero attached hydrogens (tertiary/aromatic N) is 5. The lowest BCUT2D eigenvalue weighted by Gasteiger charge is -2.29. The number of aryl methyl sites for hydroxylation is 2. The fourth-order valence-electron chi connectivity index (χ4n) is 3.51. The molecule has 0 fully saturated rings. The molecule has 1 amide bonds. The van der Waals surface area contributed by atoms with Gasteiger partial charge in [0.15, 0.2) is 11.2 Å². The predicted molar refractivity (Wildman–Crippen MR) is 109 cm³/mol. The quantitative estimate of drug-likeness (QED) is 0.618. The van der Waals surface area contributed by atoms with Gasteiger partial charge in [-0.05, 0) is 31.5 Å². The van der Waals surface area contributed by atoms with Crippen LogP contribution in [0.5, 0.6) is 5.75 Å². The van der Waals surface area contributed by atoms with Gasteiger partial charge in [-0.15, -0.1) is 0 Å². The molecule has 1 atom stereocenters. The molecular weight excluding hydrogens is 374 g/mol. The number of amides is 1. The van der Waals surface area contributed by atoms with Gasteiger partial charge in [0.05, 0.1) is 19.5 Å². The van der Waals surface area contributed by atoms with Crippen molar-refractivity contribution in [1.29, 1.82) is 0 Å². The number of benzene rings is 1. The number of carbonyl (C=O) groups is 1. The molecule has 0 radical (unpaired) electrons. The van der Waals surface area contributed by atoms with Gasteiger partial charge in [0, 0.05) is 20.6 Å². The third-order valence-corrected chi connectivity index (χ3v) is 5.20. The van der Waals surface area contributed by atoms with Crippen LogP contribution in [0.15, 0.2) is 40.2 Å². The molecule has 0 saturated heterocycles. The molecule has 0 bridgehead atoms. The van der Waals surface area contributed by atoms with Crippen molar-refractivity contribution in [3.8, 4) is 5.75 Å². The summed E-state index contributed by atoms with van der Waals surface area (Å²) in [5.74, 6) is 0.383. The van der Waals surface area contributed by atoms with E-state index in [9.17, 15) is 14.4 Å². The third kappa shape index (κ3) is 3.55. The van der Waals surface area contributed by atoms with E-state index in [0.717, 1.165) is 10.1 Å². The first kappa shape index (κ1) is 20.4. The highest BCUT2D eigenvalue weighted by molar-refractivity contribution is 5.77. The number of hydrogen-bond acceptors (Lipinski definition) is 5. The normalized spacial score (nSPS) is 12.2. The minimum absolute atomic E-state index is 0.248. The van der Waals surface area contributed by atoms with Gasteiger partial charge in [-0.1, -0.05) is 12.1 Å². The van der Waals surface area contributed by atoms with Gasteiger partial charge >= 0.3 is 5.69 Å². The van der Waals surface area contributed by atoms with Crippen molar-refractivity contribution < 1.29 is 9.53 Å². The van der Waals surface area contributed by atoms with Gasteiger partial charge < -0.3 is 14.2 Å². The van der Waals surface area contributed by atoms with Crippen molar-refractivity contribution in [3.05, 3.63) is 57.0 Å². The Balaban J connectivity index is 1.97. The number of likely N-dealkylation sites (N-methyl/N-ethyl adjacent to an activating group) is 1. The third-order valence-electron chi connectivity index (χ3n) is 5.20. The second-order valence-corrected chi connectivity index (χ2v) is 6.89. The van der Waals surface area contributed by atoms with E-state index in [0.29, 0.717) is 17.9 Å². The van der Waals surface area contributed by atoms with Gasteiger partial charge in [0.25, 0.3) is 5.56 Å². The molecule has 2 heterocycles. The molecule has 0 aliphatic heterocycles. The summed E-state index contributed by atoms with van der Waals surface area (Å²) >= 11 is 0. The Morgan fingerprint density at radius 1 is 1.28 bits per heavy atom. The van der Waals surface area contributed by atoms with E-state index >= 15 is 0 Å². The molecule has 29 heavy (non-hydrogen) atoms. The predicted octanol–water partition coefficient (Wildman–Crippen LogP) is 1.05. The topological polar surface area (TPSA) is 91.4 Å². The van der Waals surface area contributed by atoms with Crippen molar-refractivity contribution in [2.45, 2.75) is 26.4 Å². The van der Waals surface area contributed by atoms with Crippen LogP contribution < -0.4 is 16.0 Å². The van der Waals surface area contributed by atoms with Crippen molar-refractivity contribution >= 4 is 17.1 Å². The largest absolute Gasteiger partial charge is 0.497 e. The molecule has 0 aliphatic carbocycles. The zero-order chi connectivity index (χ0) is 21.3. The van der Waals surface area contributed by atoms with Crippen molar-refractivity contribution in [3.63, 3.8) is 0 Å². The Hall–Kier alpha value is -3.36. The lowest BCUT2D eigenvalue weighted by Crippen LogP contribution is -2.45. The van der Waals surface area contributed by atoms with Gasteiger partial charge in [-0.25, -0.2) is 14.3 Å². The van der Waals surface area contributed by atoms with E-state index in [-0.39, 0.29) is 24.0 Å². The number of fused-ring (bicyclic) bond motifs is 1. The lowest BCUT2D eigenvalue weighted by atomic mass is 10.1. The first-order valence-corrected chi connectivity index (χ1v) is 9.34. The molecule has 0 N–H and O–H groups in total. The zero-order valence-corrected chi connectivity index (χ0v) is 17.2. The van der Waals surface area contributed by atoms with E-state index in [1.54, 1.807) is 23.6 Å². The van der Waals surface area contributed by atoms with E-state index in [2.05, 4.69) is 4.98 Å². The van der Waals surface area contributed by atoms with Crippen LogP contribution in [0.2, 0.25) is 0 Å². The average Bonchev–Trinajstić information content (AvgIpc) is 3.11. The summed E-state index contributed by atoms with van der Waals surface area (Å²) in [6.07, 6.45) is 1.47. The van der Waals surface area contributed by atoms with Crippen LogP contribution in [0.4, 0.5) is 0 Å². The number of ether oxygens (including phenoxy) is 1. The Kier molecular flexibility index (Phi) is 5.58. The van der Waals surface area contributed by atoms with E-state index < -0.39 is 11.2 Å². The van der Waals surface area contributed by atoms with Gasteiger partial charge in [0.2, 0.25) is 5.91 Å². The number of imidazole rings is 1. The van der Waals surface area contributed by atoms with Crippen LogP contribution in [-0.4, -0.2) is 43.1 Å². The molecule has 0 aliphatic rings. The number of hydrogen-bond donors (Lipinski definition) is 0. The maximum atomic E-state index is 13.1. The highest BCUT2D eigenvalue weighted by atomic mass is 16.5. The minimum atomic E-state index is -0.570. The van der Waals surface area contributed by atoms with E-state index in [1.165, 1.54) is 17.9 Å². The summed E-state index contributed by atoms with van der Waals surface area (Å²) in [6, 6.07) is 7.23. The Morgan fingerprint density at radius 2 is 2.00 bits per heavy atom. The number of methoxy groups -OCH3 is 1. The summed E-state index contributed by atoms with van der Waals surface area (Å²) in [5, 5.41) is 0. The van der Waals surface area contributed by atoms with E-state index in [4.69, 9.17) is 4.74 Å². The fourth-order valence-corrected chi connectivity index (χ4v) is 3.51. The standard InChI is InChI=1S/C20H25N5O4/c1-6-24(13(2)14-8-7-9-15(10-14)29-5)16(26)11-25-19(27)17-18(21-12-22(17)3)23(4)20(25)28/h7-10,12-13H,6,11H2,1-5H3. The maximum absolute atomic E-state index is 13.1. The van der Waals surface area contributed by atoms with E-state index in [1.807, 2.05) is 38.1 Å². The number of aromatic nitrogens is 4. The molecule has 3 rings (SSSR count). The summed E-state index contributed by atoms with van der Waals surface area (Å²) < 4.78 is 9.06. The molecule has 0 spiro atoms. The van der Waals surface area contributed by atoms with Gasteiger partial charge in [-0.3, -0.25) is 14.2 Å². The Bertz CT molecular complexity index is 1170. The van der Waals surface area contributed by atoms with Crippen LogP contribution in [-0.2, 0) is 25.4 Å². The molecular formula is C20H25N5O4. The summed E-state index contributed by atoms with van der Waals surface area (Å²) in [7, 11) is 4.80. The van der Waals surface area contributed by atoms with Crippen LogP contribution in [0.25, 0.3) is 11.2 Å². The lowest BCUT2D eigenvalue weighted by molar-refractivity contribution is -0.133. The van der Waals surface area contributed by atoms with Crippen molar-refractivity contribution in [2.24, 2.45) is 14.1 Å². The summed E-state index contributed by atoms with van der Waals surface area (Å²) in [6.45, 7) is 3.86. The smallest absolute Gasteiger partial charge is 0.332 e. The molecule has 154 valence electrons. The maximum Gasteiger partial charge on any atom is 0.332 e. The molecule has 3 aromatic rings. The average molecular weight is 399 g/mol. The second kappa shape index (κ2) is 7.94. The molecule has 9 nitrogen and oxygen atoms in total. The molecule has 0 saturated carbocycles. The summed E-state index contributed by atoms with van der Waals surface area (Å²) in [4.78, 5) is 44.3. The SMILES string of the molecule is CCN(C(=O)Cn1c(=O)c2c(ncn2C)n(C)c1=O)C(C)c1cccc(OC)c1. The minimum Gasteiger partial charge on any atom is -0.497 e. The zero-order valence-electron chi connectivity index (χ0n) is 17.2.